The summed E-state index contributed by atoms with van der Waals surface area (Å²) in [6, 6.07) is 4.71. The van der Waals surface area contributed by atoms with E-state index in [2.05, 4.69) is 69.5 Å². The van der Waals surface area contributed by atoms with Crippen molar-refractivity contribution in [2.75, 3.05) is 0 Å². The number of allylic oxidation sites excluding steroid dienone is 1. The molecule has 2 heterocycles. The topological polar surface area (TPSA) is 24.0 Å². The summed E-state index contributed by atoms with van der Waals surface area (Å²) in [6.45, 7) is 8.36. The molecule has 0 saturated heterocycles. The zero-order valence-electron chi connectivity index (χ0n) is 11.9. The third kappa shape index (κ3) is 2.23. The normalized spacial score (nSPS) is 18.2. The molecule has 0 bridgehead atoms. The minimum atomic E-state index is 0.418. The SMILES string of the molecule is CC(C)=CN1Cc2ccc(Br)c3[nH]c(=S)n(c23)C[C@@H]1C. The lowest BCUT2D eigenvalue weighted by Gasteiger charge is -2.26. The molecule has 1 aliphatic rings. The van der Waals surface area contributed by atoms with Gasteiger partial charge in [0.2, 0.25) is 0 Å². The first-order valence-corrected chi connectivity index (χ1v) is 7.98. The maximum absolute atomic E-state index is 5.50. The summed E-state index contributed by atoms with van der Waals surface area (Å²) in [5.41, 5.74) is 4.99. The smallest absolute Gasteiger partial charge is 0.178 e. The molecule has 5 heteroatoms. The van der Waals surface area contributed by atoms with Crippen LogP contribution in [0.5, 0.6) is 0 Å². The third-order valence-electron chi connectivity index (χ3n) is 3.75. The van der Waals surface area contributed by atoms with Crippen molar-refractivity contribution in [2.45, 2.75) is 39.9 Å². The van der Waals surface area contributed by atoms with E-state index in [1.54, 1.807) is 0 Å². The molecule has 3 rings (SSSR count). The van der Waals surface area contributed by atoms with Gasteiger partial charge in [0.1, 0.15) is 0 Å². The van der Waals surface area contributed by atoms with Gasteiger partial charge in [0, 0.05) is 23.6 Å². The highest BCUT2D eigenvalue weighted by atomic mass is 79.9. The summed E-state index contributed by atoms with van der Waals surface area (Å²) in [5.74, 6) is 0. The van der Waals surface area contributed by atoms with Gasteiger partial charge in [-0.15, -0.1) is 0 Å². The summed E-state index contributed by atoms with van der Waals surface area (Å²) in [7, 11) is 0. The van der Waals surface area contributed by atoms with Crippen molar-refractivity contribution in [3.8, 4) is 0 Å². The van der Waals surface area contributed by atoms with Gasteiger partial charge in [-0.05, 0) is 66.7 Å². The van der Waals surface area contributed by atoms with E-state index in [0.29, 0.717) is 6.04 Å². The van der Waals surface area contributed by atoms with Gasteiger partial charge in [0.25, 0.3) is 0 Å². The van der Waals surface area contributed by atoms with Crippen LogP contribution in [0.25, 0.3) is 11.0 Å². The quantitative estimate of drug-likeness (QED) is 0.759. The lowest BCUT2D eigenvalue weighted by atomic mass is 10.1. The van der Waals surface area contributed by atoms with Crippen molar-refractivity contribution in [1.29, 1.82) is 0 Å². The standard InChI is InChI=1S/C15H18BrN3S/c1-9(2)6-18-8-11-4-5-12(16)13-14(11)19(7-10(18)3)15(20)17-13/h4-6,10H,7-8H2,1-3H3,(H,17,20)/t10-/m0/s1. The Balaban J connectivity index is 2.23. The molecule has 0 amide bonds. The Bertz CT molecular complexity index is 752. The molecule has 20 heavy (non-hydrogen) atoms. The summed E-state index contributed by atoms with van der Waals surface area (Å²) in [6.07, 6.45) is 2.25. The van der Waals surface area contributed by atoms with Crippen molar-refractivity contribution in [3.05, 3.63) is 38.7 Å². The van der Waals surface area contributed by atoms with Crippen LogP contribution in [0.1, 0.15) is 26.3 Å². The highest BCUT2D eigenvalue weighted by molar-refractivity contribution is 9.10. The molecule has 0 spiro atoms. The maximum atomic E-state index is 5.50. The Morgan fingerprint density at radius 3 is 2.90 bits per heavy atom. The lowest BCUT2D eigenvalue weighted by molar-refractivity contribution is 0.267. The first-order chi connectivity index (χ1) is 9.47. The van der Waals surface area contributed by atoms with Crippen LogP contribution in [-0.2, 0) is 13.1 Å². The van der Waals surface area contributed by atoms with Gasteiger partial charge < -0.3 is 14.5 Å². The van der Waals surface area contributed by atoms with Crippen molar-refractivity contribution in [2.24, 2.45) is 0 Å². The van der Waals surface area contributed by atoms with Crippen LogP contribution in [0.15, 0.2) is 28.4 Å². The Morgan fingerprint density at radius 2 is 2.20 bits per heavy atom. The minimum Gasteiger partial charge on any atom is -0.369 e. The van der Waals surface area contributed by atoms with Gasteiger partial charge in [0.05, 0.1) is 11.0 Å². The predicted octanol–water partition coefficient (Wildman–Crippen LogP) is 4.59. The number of aromatic amines is 1. The minimum absolute atomic E-state index is 0.418. The number of imidazole rings is 1. The van der Waals surface area contributed by atoms with Crippen molar-refractivity contribution in [1.82, 2.24) is 14.5 Å². The van der Waals surface area contributed by atoms with Gasteiger partial charge >= 0.3 is 0 Å². The van der Waals surface area contributed by atoms with E-state index in [1.807, 2.05) is 0 Å². The molecule has 1 aromatic heterocycles. The molecule has 0 saturated carbocycles. The van der Waals surface area contributed by atoms with Crippen LogP contribution in [-0.4, -0.2) is 20.5 Å². The number of rotatable bonds is 1. The maximum Gasteiger partial charge on any atom is 0.178 e. The Kier molecular flexibility index (Phi) is 3.50. The van der Waals surface area contributed by atoms with Crippen LogP contribution in [0, 0.1) is 4.77 Å². The van der Waals surface area contributed by atoms with Crippen molar-refractivity contribution >= 4 is 39.2 Å². The van der Waals surface area contributed by atoms with E-state index in [0.717, 1.165) is 27.8 Å². The molecule has 2 aromatic rings. The summed E-state index contributed by atoms with van der Waals surface area (Å²) in [5, 5.41) is 0. The zero-order valence-corrected chi connectivity index (χ0v) is 14.3. The van der Waals surface area contributed by atoms with Crippen LogP contribution in [0.3, 0.4) is 0 Å². The third-order valence-corrected chi connectivity index (χ3v) is 4.73. The van der Waals surface area contributed by atoms with Crippen LogP contribution in [0.2, 0.25) is 0 Å². The highest BCUT2D eigenvalue weighted by Gasteiger charge is 2.22. The molecular formula is C15H18BrN3S. The molecule has 1 atom stereocenters. The molecule has 0 fully saturated rings. The first kappa shape index (κ1) is 13.9. The second kappa shape index (κ2) is 5.04. The molecule has 1 aliphatic heterocycles. The van der Waals surface area contributed by atoms with E-state index >= 15 is 0 Å². The van der Waals surface area contributed by atoms with E-state index in [4.69, 9.17) is 12.2 Å². The summed E-state index contributed by atoms with van der Waals surface area (Å²) >= 11 is 9.11. The number of hydrogen-bond donors (Lipinski definition) is 1. The van der Waals surface area contributed by atoms with Gasteiger partial charge in [-0.2, -0.15) is 0 Å². The van der Waals surface area contributed by atoms with Gasteiger partial charge in [-0.3, -0.25) is 0 Å². The van der Waals surface area contributed by atoms with E-state index < -0.39 is 0 Å². The first-order valence-electron chi connectivity index (χ1n) is 6.78. The van der Waals surface area contributed by atoms with Crippen LogP contribution < -0.4 is 0 Å². The number of nitrogens with zero attached hydrogens (tertiary/aromatic N) is 2. The molecular weight excluding hydrogens is 334 g/mol. The number of hydrogen-bond acceptors (Lipinski definition) is 2. The predicted molar refractivity (Wildman–Crippen MR) is 89.3 cm³/mol. The Labute approximate surface area is 132 Å². The monoisotopic (exact) mass is 351 g/mol. The van der Waals surface area contributed by atoms with Gasteiger partial charge in [0.15, 0.2) is 4.77 Å². The fraction of sp³-hybridized carbons (Fsp3) is 0.400. The van der Waals surface area contributed by atoms with Gasteiger partial charge in [-0.1, -0.05) is 11.6 Å². The molecule has 1 N–H and O–H groups in total. The van der Waals surface area contributed by atoms with Crippen molar-refractivity contribution < 1.29 is 0 Å². The second-order valence-corrected chi connectivity index (χ2v) is 6.94. The van der Waals surface area contributed by atoms with Crippen molar-refractivity contribution in [3.63, 3.8) is 0 Å². The van der Waals surface area contributed by atoms with Crippen LogP contribution >= 0.6 is 28.1 Å². The largest absolute Gasteiger partial charge is 0.369 e. The average Bonchev–Trinajstić information content (AvgIpc) is 2.62. The van der Waals surface area contributed by atoms with E-state index in [1.165, 1.54) is 16.7 Å². The number of H-pyrrole nitrogens is 1. The lowest BCUT2D eigenvalue weighted by Crippen LogP contribution is -2.29. The number of aromatic nitrogens is 2. The Morgan fingerprint density at radius 1 is 1.45 bits per heavy atom. The second-order valence-electron chi connectivity index (χ2n) is 5.70. The zero-order chi connectivity index (χ0) is 14.4. The number of nitrogens with one attached hydrogen (secondary N) is 1. The van der Waals surface area contributed by atoms with Gasteiger partial charge in [-0.25, -0.2) is 0 Å². The number of halogens is 1. The Hall–Kier alpha value is -1.07. The molecule has 1 aromatic carbocycles. The molecule has 0 aliphatic carbocycles. The molecule has 3 nitrogen and oxygen atoms in total. The molecule has 0 unspecified atom stereocenters. The molecule has 106 valence electrons. The summed E-state index contributed by atoms with van der Waals surface area (Å²) < 4.78 is 4.11. The molecule has 0 radical (unpaired) electrons. The highest BCUT2D eigenvalue weighted by Crippen LogP contribution is 2.30. The fourth-order valence-electron chi connectivity index (χ4n) is 2.84. The van der Waals surface area contributed by atoms with E-state index in [-0.39, 0.29) is 0 Å². The van der Waals surface area contributed by atoms with Crippen LogP contribution in [0.4, 0.5) is 0 Å². The summed E-state index contributed by atoms with van der Waals surface area (Å²) in [4.78, 5) is 5.73. The fourth-order valence-corrected chi connectivity index (χ4v) is 3.53. The van der Waals surface area contributed by atoms with E-state index in [9.17, 15) is 0 Å². The number of benzene rings is 1. The average molecular weight is 352 g/mol.